The van der Waals surface area contributed by atoms with Crippen LogP contribution < -0.4 is 0 Å². The smallest absolute Gasteiger partial charge is 0.235 e. The van der Waals surface area contributed by atoms with E-state index < -0.39 is 5.41 Å². The molecule has 1 saturated heterocycles. The summed E-state index contributed by atoms with van der Waals surface area (Å²) in [5, 5.41) is 9.11. The van der Waals surface area contributed by atoms with Gasteiger partial charge in [-0.2, -0.15) is 0 Å². The van der Waals surface area contributed by atoms with E-state index in [2.05, 4.69) is 0 Å². The third kappa shape index (κ3) is 2.68. The molecule has 0 radical (unpaired) electrons. The van der Waals surface area contributed by atoms with Crippen molar-refractivity contribution < 1.29 is 14.7 Å². The Bertz CT molecular complexity index is 328. The Hall–Kier alpha value is -0.900. The predicted molar refractivity (Wildman–Crippen MR) is 65.2 cm³/mol. The van der Waals surface area contributed by atoms with Gasteiger partial charge >= 0.3 is 0 Å². The number of hydrogen-bond donors (Lipinski definition) is 1. The highest BCUT2D eigenvalue weighted by Crippen LogP contribution is 2.38. The van der Waals surface area contributed by atoms with Crippen LogP contribution in [0.15, 0.2) is 0 Å². The average Bonchev–Trinajstić information content (AvgIpc) is 2.32. The summed E-state index contributed by atoms with van der Waals surface area (Å²) in [4.78, 5) is 25.6. The van der Waals surface area contributed by atoms with Crippen LogP contribution in [0, 0.1) is 10.8 Å². The molecule has 1 unspecified atom stereocenters. The summed E-state index contributed by atoms with van der Waals surface area (Å²) in [7, 11) is 0. The number of carbonyl (C=O) groups is 2. The molecule has 1 heterocycles. The number of amides is 2. The number of hydrogen-bond acceptors (Lipinski definition) is 3. The van der Waals surface area contributed by atoms with E-state index in [1.165, 1.54) is 4.90 Å². The highest BCUT2D eigenvalue weighted by Gasteiger charge is 2.49. The summed E-state index contributed by atoms with van der Waals surface area (Å²) >= 11 is 0. The van der Waals surface area contributed by atoms with Crippen LogP contribution in [0.4, 0.5) is 0 Å². The van der Waals surface area contributed by atoms with Crippen molar-refractivity contribution in [2.75, 3.05) is 6.61 Å². The van der Waals surface area contributed by atoms with Crippen molar-refractivity contribution in [2.45, 2.75) is 53.5 Å². The van der Waals surface area contributed by atoms with E-state index in [0.29, 0.717) is 6.42 Å². The van der Waals surface area contributed by atoms with Gasteiger partial charge in [0.25, 0.3) is 0 Å². The lowest BCUT2D eigenvalue weighted by Gasteiger charge is -2.37. The molecule has 0 bridgehead atoms. The number of rotatable bonds is 3. The molecule has 1 aliphatic heterocycles. The maximum Gasteiger partial charge on any atom is 0.235 e. The minimum Gasteiger partial charge on any atom is -0.396 e. The van der Waals surface area contributed by atoms with E-state index in [9.17, 15) is 9.59 Å². The summed E-state index contributed by atoms with van der Waals surface area (Å²) in [5.74, 6) is -0.232. The second kappa shape index (κ2) is 4.41. The van der Waals surface area contributed by atoms with E-state index >= 15 is 0 Å². The van der Waals surface area contributed by atoms with Gasteiger partial charge in [0.15, 0.2) is 0 Å². The maximum atomic E-state index is 12.2. The zero-order chi connectivity index (χ0) is 13.4. The fraction of sp³-hybridized carbons (Fsp3) is 0.846. The van der Waals surface area contributed by atoms with Gasteiger partial charge < -0.3 is 5.11 Å². The molecule has 0 aromatic carbocycles. The van der Waals surface area contributed by atoms with Gasteiger partial charge in [0.1, 0.15) is 0 Å². The first-order chi connectivity index (χ1) is 7.61. The average molecular weight is 241 g/mol. The van der Waals surface area contributed by atoms with Crippen molar-refractivity contribution in [1.29, 1.82) is 0 Å². The lowest BCUT2D eigenvalue weighted by atomic mass is 9.83. The molecule has 1 N–H and O–H groups in total. The van der Waals surface area contributed by atoms with Gasteiger partial charge in [-0.3, -0.25) is 14.5 Å². The first kappa shape index (κ1) is 14.2. The standard InChI is InChI=1S/C13H23NO3/c1-12(2,3)9(6-7-15)14-10(16)8-13(4,5)11(14)17/h9,15H,6-8H2,1-5H3. The van der Waals surface area contributed by atoms with Crippen LogP contribution in [-0.4, -0.2) is 34.5 Å². The number of imide groups is 1. The van der Waals surface area contributed by atoms with E-state index in [1.54, 1.807) is 13.8 Å². The van der Waals surface area contributed by atoms with Crippen LogP contribution in [0.1, 0.15) is 47.5 Å². The summed E-state index contributed by atoms with van der Waals surface area (Å²) < 4.78 is 0. The van der Waals surface area contributed by atoms with Gasteiger partial charge in [-0.1, -0.05) is 34.6 Å². The zero-order valence-electron chi connectivity index (χ0n) is 11.4. The largest absolute Gasteiger partial charge is 0.396 e. The van der Waals surface area contributed by atoms with Crippen LogP contribution in [0.25, 0.3) is 0 Å². The first-order valence-electron chi connectivity index (χ1n) is 6.08. The summed E-state index contributed by atoms with van der Waals surface area (Å²) in [6, 6.07) is -0.228. The zero-order valence-corrected chi connectivity index (χ0v) is 11.4. The van der Waals surface area contributed by atoms with Crippen molar-refractivity contribution in [3.8, 4) is 0 Å². The lowest BCUT2D eigenvalue weighted by molar-refractivity contribution is -0.146. The van der Waals surface area contributed by atoms with E-state index in [1.807, 2.05) is 20.8 Å². The molecule has 1 rings (SSSR count). The molecule has 17 heavy (non-hydrogen) atoms. The number of carbonyl (C=O) groups excluding carboxylic acids is 2. The molecule has 1 aliphatic rings. The molecular weight excluding hydrogens is 218 g/mol. The Balaban J connectivity index is 3.04. The number of likely N-dealkylation sites (tertiary alicyclic amines) is 1. The van der Waals surface area contributed by atoms with Gasteiger partial charge in [0.05, 0.1) is 5.41 Å². The number of aliphatic hydroxyl groups is 1. The molecule has 1 fully saturated rings. The van der Waals surface area contributed by atoms with Crippen molar-refractivity contribution in [2.24, 2.45) is 10.8 Å². The predicted octanol–water partition coefficient (Wildman–Crippen LogP) is 1.57. The van der Waals surface area contributed by atoms with Gasteiger partial charge in [-0.05, 0) is 11.8 Å². The van der Waals surface area contributed by atoms with Crippen molar-refractivity contribution in [1.82, 2.24) is 4.90 Å². The third-order valence-corrected chi connectivity index (χ3v) is 3.37. The molecule has 0 aromatic heterocycles. The Labute approximate surface area is 103 Å². The second-order valence-corrected chi connectivity index (χ2v) is 6.52. The Morgan fingerprint density at radius 1 is 1.35 bits per heavy atom. The van der Waals surface area contributed by atoms with E-state index in [4.69, 9.17) is 5.11 Å². The van der Waals surface area contributed by atoms with Crippen LogP contribution in [0.2, 0.25) is 0 Å². The quantitative estimate of drug-likeness (QED) is 0.763. The molecule has 1 atom stereocenters. The van der Waals surface area contributed by atoms with E-state index in [0.717, 1.165) is 0 Å². The molecule has 0 spiro atoms. The summed E-state index contributed by atoms with van der Waals surface area (Å²) in [6.07, 6.45) is 0.709. The lowest BCUT2D eigenvalue weighted by Crippen LogP contribution is -2.48. The molecule has 0 saturated carbocycles. The Kier molecular flexibility index (Phi) is 3.67. The third-order valence-electron chi connectivity index (χ3n) is 3.37. The first-order valence-corrected chi connectivity index (χ1v) is 6.08. The molecule has 0 aromatic rings. The van der Waals surface area contributed by atoms with Crippen LogP contribution >= 0.6 is 0 Å². The number of aliphatic hydroxyl groups excluding tert-OH is 1. The highest BCUT2D eigenvalue weighted by molar-refractivity contribution is 6.05. The van der Waals surface area contributed by atoms with Crippen molar-refractivity contribution in [3.05, 3.63) is 0 Å². The van der Waals surface area contributed by atoms with Gasteiger partial charge in [-0.25, -0.2) is 0 Å². The van der Waals surface area contributed by atoms with Crippen LogP contribution in [0.3, 0.4) is 0 Å². The van der Waals surface area contributed by atoms with Crippen molar-refractivity contribution >= 4 is 11.8 Å². The monoisotopic (exact) mass is 241 g/mol. The topological polar surface area (TPSA) is 57.6 Å². The van der Waals surface area contributed by atoms with Crippen LogP contribution in [0.5, 0.6) is 0 Å². The Morgan fingerprint density at radius 3 is 2.18 bits per heavy atom. The SMILES string of the molecule is CC1(C)CC(=O)N(C(CCO)C(C)(C)C)C1=O. The normalized spacial score (nSPS) is 22.1. The fourth-order valence-electron chi connectivity index (χ4n) is 2.37. The molecule has 0 aliphatic carbocycles. The molecule has 98 valence electrons. The van der Waals surface area contributed by atoms with Gasteiger partial charge in [0, 0.05) is 19.1 Å². The van der Waals surface area contributed by atoms with Crippen LogP contribution in [-0.2, 0) is 9.59 Å². The van der Waals surface area contributed by atoms with Gasteiger partial charge in [-0.15, -0.1) is 0 Å². The second-order valence-electron chi connectivity index (χ2n) is 6.52. The minimum atomic E-state index is -0.601. The molecule has 4 nitrogen and oxygen atoms in total. The summed E-state index contributed by atoms with van der Waals surface area (Å²) in [5.41, 5.74) is -0.815. The van der Waals surface area contributed by atoms with E-state index in [-0.39, 0.29) is 36.3 Å². The highest BCUT2D eigenvalue weighted by atomic mass is 16.3. The molecule has 2 amide bonds. The van der Waals surface area contributed by atoms with Crippen molar-refractivity contribution in [3.63, 3.8) is 0 Å². The fourth-order valence-corrected chi connectivity index (χ4v) is 2.37. The molecular formula is C13H23NO3. The Morgan fingerprint density at radius 2 is 1.88 bits per heavy atom. The molecule has 4 heteroatoms. The maximum absolute atomic E-state index is 12.2. The summed E-state index contributed by atoms with van der Waals surface area (Å²) in [6.45, 7) is 9.54. The van der Waals surface area contributed by atoms with Gasteiger partial charge in [0.2, 0.25) is 11.8 Å². The minimum absolute atomic E-state index is 0.0145. The number of nitrogens with zero attached hydrogens (tertiary/aromatic N) is 1.